The van der Waals surface area contributed by atoms with Gasteiger partial charge in [0.1, 0.15) is 17.0 Å². The zero-order valence-corrected chi connectivity index (χ0v) is 15.2. The molecule has 0 aromatic rings. The Morgan fingerprint density at radius 3 is 2.30 bits per heavy atom. The first-order valence-corrected chi connectivity index (χ1v) is 8.88. The van der Waals surface area contributed by atoms with E-state index in [0.717, 1.165) is 29.9 Å². The number of rotatable bonds is 1. The van der Waals surface area contributed by atoms with Gasteiger partial charge in [-0.3, -0.25) is 4.90 Å². The predicted octanol–water partition coefficient (Wildman–Crippen LogP) is 2.50. The Kier molecular flexibility index (Phi) is 4.17. The first kappa shape index (κ1) is 16.7. The largest absolute Gasteiger partial charge is 0.344 e. The molecule has 0 atom stereocenters. The topological polar surface area (TPSA) is 54.3 Å². The molecule has 6 nitrogen and oxygen atoms in total. The van der Waals surface area contributed by atoms with E-state index in [4.69, 9.17) is 9.98 Å². The SMILES string of the molecule is CN1CCN(C2=NC(C)(C)N([O])C2(C)C)C1=NC1CCCCC1. The summed E-state index contributed by atoms with van der Waals surface area (Å²) in [5.74, 6) is 1.85. The number of amidine groups is 1. The van der Waals surface area contributed by atoms with E-state index in [1.807, 2.05) is 27.7 Å². The van der Waals surface area contributed by atoms with Gasteiger partial charge >= 0.3 is 0 Å². The molecule has 1 saturated carbocycles. The highest BCUT2D eigenvalue weighted by molar-refractivity contribution is 6.06. The molecule has 1 radical (unpaired) electrons. The summed E-state index contributed by atoms with van der Waals surface area (Å²) < 4.78 is 0. The molecule has 3 rings (SSSR count). The minimum atomic E-state index is -0.712. The van der Waals surface area contributed by atoms with E-state index in [0.29, 0.717) is 6.04 Å². The van der Waals surface area contributed by atoms with Crippen molar-refractivity contribution in [3.8, 4) is 0 Å². The van der Waals surface area contributed by atoms with Crippen LogP contribution in [-0.2, 0) is 5.21 Å². The highest BCUT2D eigenvalue weighted by Gasteiger charge is 2.52. The highest BCUT2D eigenvalue weighted by atomic mass is 16.5. The number of aliphatic imine (C=N–C) groups is 2. The molecule has 2 heterocycles. The zero-order chi connectivity index (χ0) is 16.8. The molecule has 2 fully saturated rings. The summed E-state index contributed by atoms with van der Waals surface area (Å²) in [7, 11) is 2.09. The second-order valence-electron chi connectivity index (χ2n) is 8.08. The standard InChI is InChI=1S/C17H30N5O/c1-16(2)14(19-17(3,4)22(16)23)21-12-11-20(5)15(21)18-13-9-7-6-8-10-13/h13H,6-12H2,1-5H3. The van der Waals surface area contributed by atoms with E-state index in [-0.39, 0.29) is 0 Å². The molecular formula is C17H30N5O. The van der Waals surface area contributed by atoms with Gasteiger partial charge in [-0.05, 0) is 40.5 Å². The molecule has 3 aliphatic rings. The normalized spacial score (nSPS) is 30.3. The van der Waals surface area contributed by atoms with Gasteiger partial charge in [-0.15, -0.1) is 10.3 Å². The number of guanidine groups is 1. The van der Waals surface area contributed by atoms with Crippen molar-refractivity contribution in [2.75, 3.05) is 20.1 Å². The van der Waals surface area contributed by atoms with E-state index in [1.54, 1.807) is 0 Å². The fourth-order valence-electron chi connectivity index (χ4n) is 4.01. The van der Waals surface area contributed by atoms with E-state index in [2.05, 4.69) is 16.8 Å². The first-order chi connectivity index (χ1) is 10.7. The van der Waals surface area contributed by atoms with Gasteiger partial charge in [-0.2, -0.15) is 0 Å². The Hall–Kier alpha value is -1.14. The first-order valence-electron chi connectivity index (χ1n) is 8.88. The maximum Gasteiger partial charge on any atom is 0.202 e. The Balaban J connectivity index is 1.90. The molecule has 0 aromatic heterocycles. The molecular weight excluding hydrogens is 290 g/mol. The Labute approximate surface area is 139 Å². The lowest BCUT2D eigenvalue weighted by Crippen LogP contribution is -2.54. The maximum atomic E-state index is 12.6. The quantitative estimate of drug-likeness (QED) is 0.746. The Bertz CT molecular complexity index is 519. The summed E-state index contributed by atoms with van der Waals surface area (Å²) in [5.41, 5.74) is -1.34. The number of hydrogen-bond donors (Lipinski definition) is 0. The van der Waals surface area contributed by atoms with Gasteiger partial charge in [-0.1, -0.05) is 19.3 Å². The predicted molar refractivity (Wildman–Crippen MR) is 91.8 cm³/mol. The van der Waals surface area contributed by atoms with Gasteiger partial charge < -0.3 is 4.90 Å². The summed E-state index contributed by atoms with van der Waals surface area (Å²) in [5, 5.41) is 13.7. The van der Waals surface area contributed by atoms with E-state index >= 15 is 0 Å². The van der Waals surface area contributed by atoms with Crippen LogP contribution in [0.4, 0.5) is 0 Å². The van der Waals surface area contributed by atoms with Crippen LogP contribution in [0.2, 0.25) is 0 Å². The van der Waals surface area contributed by atoms with Crippen molar-refractivity contribution in [1.82, 2.24) is 14.9 Å². The maximum absolute atomic E-state index is 12.6. The summed E-state index contributed by atoms with van der Waals surface area (Å²) in [4.78, 5) is 14.2. The third kappa shape index (κ3) is 2.87. The van der Waals surface area contributed by atoms with Gasteiger partial charge in [-0.25, -0.2) is 9.98 Å². The average molecular weight is 320 g/mol. The lowest BCUT2D eigenvalue weighted by molar-refractivity contribution is -0.241. The number of hydrogen-bond acceptors (Lipinski definition) is 3. The van der Waals surface area contributed by atoms with E-state index in [9.17, 15) is 5.21 Å². The number of likely N-dealkylation sites (N-methyl/N-ethyl adjacent to an activating group) is 1. The Morgan fingerprint density at radius 1 is 1.09 bits per heavy atom. The smallest absolute Gasteiger partial charge is 0.202 e. The minimum Gasteiger partial charge on any atom is -0.344 e. The van der Waals surface area contributed by atoms with Crippen LogP contribution >= 0.6 is 0 Å². The van der Waals surface area contributed by atoms with Gasteiger partial charge in [0, 0.05) is 20.1 Å². The van der Waals surface area contributed by atoms with Crippen LogP contribution < -0.4 is 0 Å². The second-order valence-corrected chi connectivity index (χ2v) is 8.08. The third-order valence-electron chi connectivity index (χ3n) is 5.30. The molecule has 0 spiro atoms. The fourth-order valence-corrected chi connectivity index (χ4v) is 4.01. The van der Waals surface area contributed by atoms with Gasteiger partial charge in [0.15, 0.2) is 0 Å². The van der Waals surface area contributed by atoms with Crippen LogP contribution in [0.3, 0.4) is 0 Å². The van der Waals surface area contributed by atoms with Crippen LogP contribution in [-0.4, -0.2) is 64.0 Å². The van der Waals surface area contributed by atoms with Crippen molar-refractivity contribution in [2.24, 2.45) is 9.98 Å². The average Bonchev–Trinajstić information content (AvgIpc) is 2.92. The summed E-state index contributed by atoms with van der Waals surface area (Å²) in [6, 6.07) is 0.420. The monoisotopic (exact) mass is 320 g/mol. The molecule has 0 N–H and O–H groups in total. The van der Waals surface area contributed by atoms with Crippen molar-refractivity contribution >= 4 is 11.8 Å². The van der Waals surface area contributed by atoms with Gasteiger partial charge in [0.2, 0.25) is 5.96 Å². The molecule has 0 unspecified atom stereocenters. The van der Waals surface area contributed by atoms with Crippen molar-refractivity contribution in [1.29, 1.82) is 0 Å². The molecule has 2 aliphatic heterocycles. The Morgan fingerprint density at radius 2 is 1.74 bits per heavy atom. The molecule has 0 amide bonds. The molecule has 1 aliphatic carbocycles. The zero-order valence-electron chi connectivity index (χ0n) is 15.2. The molecule has 0 aromatic carbocycles. The minimum absolute atomic E-state index is 0.420. The summed E-state index contributed by atoms with van der Waals surface area (Å²) in [6.07, 6.45) is 6.25. The van der Waals surface area contributed by atoms with Crippen molar-refractivity contribution in [3.63, 3.8) is 0 Å². The van der Waals surface area contributed by atoms with Crippen LogP contribution in [0.15, 0.2) is 9.98 Å². The highest BCUT2D eigenvalue weighted by Crippen LogP contribution is 2.35. The molecule has 1 saturated heterocycles. The third-order valence-corrected chi connectivity index (χ3v) is 5.30. The van der Waals surface area contributed by atoms with Crippen molar-refractivity contribution < 1.29 is 5.21 Å². The molecule has 23 heavy (non-hydrogen) atoms. The molecule has 0 bridgehead atoms. The molecule has 6 heteroatoms. The van der Waals surface area contributed by atoms with Crippen LogP contribution in [0.5, 0.6) is 0 Å². The lowest BCUT2D eigenvalue weighted by Gasteiger charge is -2.34. The van der Waals surface area contributed by atoms with Crippen molar-refractivity contribution in [3.05, 3.63) is 0 Å². The fraction of sp³-hybridized carbons (Fsp3) is 0.882. The van der Waals surface area contributed by atoms with Gasteiger partial charge in [0.25, 0.3) is 0 Å². The van der Waals surface area contributed by atoms with Crippen LogP contribution in [0.25, 0.3) is 0 Å². The summed E-state index contributed by atoms with van der Waals surface area (Å²) >= 11 is 0. The van der Waals surface area contributed by atoms with Crippen LogP contribution in [0, 0.1) is 0 Å². The van der Waals surface area contributed by atoms with Gasteiger partial charge in [0.05, 0.1) is 6.04 Å². The van der Waals surface area contributed by atoms with E-state index in [1.165, 1.54) is 32.1 Å². The second kappa shape index (κ2) is 5.74. The molecule has 129 valence electrons. The number of hydroxylamine groups is 2. The van der Waals surface area contributed by atoms with Crippen LogP contribution in [0.1, 0.15) is 59.8 Å². The summed E-state index contributed by atoms with van der Waals surface area (Å²) in [6.45, 7) is 9.47. The van der Waals surface area contributed by atoms with Crippen molar-refractivity contribution in [2.45, 2.75) is 77.0 Å². The van der Waals surface area contributed by atoms with E-state index < -0.39 is 11.2 Å². The lowest BCUT2D eigenvalue weighted by atomic mass is 9.96. The number of nitrogens with zero attached hydrogens (tertiary/aromatic N) is 5.